The number of hydrogen-bond donors (Lipinski definition) is 2. The molecule has 0 radical (unpaired) electrons. The second-order valence-electron chi connectivity index (χ2n) is 5.65. The topological polar surface area (TPSA) is 70.7 Å². The van der Waals surface area contributed by atoms with E-state index in [9.17, 15) is 9.59 Å². The number of benzene rings is 1. The SMILES string of the molecule is COC(=O)c1c(NC(=S)Nc2ccc(Br)cc2Cl)sc(C(=O)N(C)C)c1C. The first kappa shape index (κ1) is 21.6. The van der Waals surface area contributed by atoms with Gasteiger partial charge >= 0.3 is 5.97 Å². The average molecular weight is 491 g/mol. The van der Waals surface area contributed by atoms with Crippen LogP contribution in [0, 0.1) is 6.92 Å². The molecular formula is C17H17BrClN3O3S2. The van der Waals surface area contributed by atoms with Crippen molar-refractivity contribution >= 4 is 78.8 Å². The predicted octanol–water partition coefficient (Wildman–Crippen LogP) is 4.77. The van der Waals surface area contributed by atoms with Crippen LogP contribution in [0.2, 0.25) is 5.02 Å². The van der Waals surface area contributed by atoms with Crippen molar-refractivity contribution in [3.8, 4) is 0 Å². The Hall–Kier alpha value is -1.68. The van der Waals surface area contributed by atoms with E-state index in [-0.39, 0.29) is 16.6 Å². The van der Waals surface area contributed by atoms with Crippen molar-refractivity contribution in [3.05, 3.63) is 43.7 Å². The van der Waals surface area contributed by atoms with Crippen molar-refractivity contribution in [2.24, 2.45) is 0 Å². The number of halogens is 2. The van der Waals surface area contributed by atoms with Crippen LogP contribution in [0.3, 0.4) is 0 Å². The van der Waals surface area contributed by atoms with E-state index in [0.717, 1.165) is 15.8 Å². The number of carbonyl (C=O) groups is 2. The summed E-state index contributed by atoms with van der Waals surface area (Å²) < 4.78 is 5.69. The summed E-state index contributed by atoms with van der Waals surface area (Å²) in [6.45, 7) is 1.70. The van der Waals surface area contributed by atoms with Crippen LogP contribution >= 0.6 is 51.1 Å². The molecule has 0 bridgehead atoms. The first-order valence-corrected chi connectivity index (χ1v) is 10.0. The van der Waals surface area contributed by atoms with Gasteiger partial charge in [0.25, 0.3) is 5.91 Å². The molecule has 2 aromatic rings. The normalized spacial score (nSPS) is 10.3. The number of amides is 1. The standard InChI is InChI=1S/C17H17BrClN3O3S2/c1-8-12(16(24)25-4)14(27-13(8)15(23)22(2)3)21-17(26)20-11-6-5-9(18)7-10(11)19/h5-7H,1-4H3,(H2,20,21,26). The minimum atomic E-state index is -0.548. The molecule has 0 saturated carbocycles. The van der Waals surface area contributed by atoms with E-state index in [1.165, 1.54) is 12.0 Å². The molecule has 27 heavy (non-hydrogen) atoms. The summed E-state index contributed by atoms with van der Waals surface area (Å²) in [5.74, 6) is -0.751. The van der Waals surface area contributed by atoms with Gasteiger partial charge in [-0.1, -0.05) is 27.5 Å². The first-order valence-electron chi connectivity index (χ1n) is 7.62. The van der Waals surface area contributed by atoms with Gasteiger partial charge in [0, 0.05) is 18.6 Å². The highest BCUT2D eigenvalue weighted by molar-refractivity contribution is 9.10. The maximum Gasteiger partial charge on any atom is 0.341 e. The molecule has 1 aromatic carbocycles. The van der Waals surface area contributed by atoms with Gasteiger partial charge in [0.2, 0.25) is 0 Å². The van der Waals surface area contributed by atoms with E-state index in [0.29, 0.717) is 26.2 Å². The molecule has 6 nitrogen and oxygen atoms in total. The molecule has 0 atom stereocenters. The number of ether oxygens (including phenoxy) is 1. The predicted molar refractivity (Wildman–Crippen MR) is 117 cm³/mol. The molecule has 0 aliphatic heterocycles. The van der Waals surface area contributed by atoms with Crippen LogP contribution in [0.25, 0.3) is 0 Å². The van der Waals surface area contributed by atoms with Crippen LogP contribution in [-0.2, 0) is 4.74 Å². The lowest BCUT2D eigenvalue weighted by Gasteiger charge is -2.12. The number of esters is 1. The zero-order chi connectivity index (χ0) is 20.3. The number of anilines is 2. The third kappa shape index (κ3) is 4.98. The zero-order valence-electron chi connectivity index (χ0n) is 15.0. The smallest absolute Gasteiger partial charge is 0.341 e. The van der Waals surface area contributed by atoms with Gasteiger partial charge in [-0.15, -0.1) is 11.3 Å². The summed E-state index contributed by atoms with van der Waals surface area (Å²) in [4.78, 5) is 26.5. The summed E-state index contributed by atoms with van der Waals surface area (Å²) in [5, 5.41) is 7.08. The van der Waals surface area contributed by atoms with Gasteiger partial charge in [0.05, 0.1) is 28.3 Å². The second-order valence-corrected chi connectivity index (χ2v) is 8.41. The fraction of sp³-hybridized carbons (Fsp3) is 0.235. The van der Waals surface area contributed by atoms with Gasteiger partial charge < -0.3 is 20.3 Å². The van der Waals surface area contributed by atoms with Crippen LogP contribution in [0.5, 0.6) is 0 Å². The van der Waals surface area contributed by atoms with Crippen molar-refractivity contribution in [2.75, 3.05) is 31.8 Å². The average Bonchev–Trinajstić information content (AvgIpc) is 2.91. The lowest BCUT2D eigenvalue weighted by atomic mass is 10.1. The van der Waals surface area contributed by atoms with E-state index in [2.05, 4.69) is 26.6 Å². The maximum absolute atomic E-state index is 12.4. The molecule has 0 fully saturated rings. The van der Waals surface area contributed by atoms with E-state index in [1.54, 1.807) is 33.2 Å². The Morgan fingerprint density at radius 1 is 1.30 bits per heavy atom. The van der Waals surface area contributed by atoms with Crippen LogP contribution in [0.1, 0.15) is 25.6 Å². The fourth-order valence-corrected chi connectivity index (χ4v) is 4.42. The molecule has 1 amide bonds. The Morgan fingerprint density at radius 2 is 1.96 bits per heavy atom. The molecule has 0 aliphatic carbocycles. The highest BCUT2D eigenvalue weighted by atomic mass is 79.9. The van der Waals surface area contributed by atoms with E-state index >= 15 is 0 Å². The Bertz CT molecular complexity index is 915. The Labute approximate surface area is 180 Å². The van der Waals surface area contributed by atoms with Crippen LogP contribution in [0.15, 0.2) is 22.7 Å². The van der Waals surface area contributed by atoms with Gasteiger partial charge in [-0.05, 0) is 42.9 Å². The van der Waals surface area contributed by atoms with Crippen molar-refractivity contribution in [1.29, 1.82) is 0 Å². The van der Waals surface area contributed by atoms with Crippen LogP contribution in [-0.4, -0.2) is 43.1 Å². The second kappa shape index (κ2) is 9.01. The number of carbonyl (C=O) groups excluding carboxylic acids is 2. The molecule has 1 aromatic heterocycles. The molecule has 144 valence electrons. The summed E-state index contributed by atoms with van der Waals surface area (Å²) >= 11 is 16.0. The minimum absolute atomic E-state index is 0.203. The summed E-state index contributed by atoms with van der Waals surface area (Å²) in [6, 6.07) is 5.32. The lowest BCUT2D eigenvalue weighted by molar-refractivity contribution is 0.0601. The van der Waals surface area contributed by atoms with Gasteiger partial charge in [-0.25, -0.2) is 4.79 Å². The molecule has 0 spiro atoms. The summed E-state index contributed by atoms with van der Waals surface area (Å²) in [7, 11) is 4.58. The van der Waals surface area contributed by atoms with E-state index in [1.807, 2.05) is 6.07 Å². The van der Waals surface area contributed by atoms with E-state index < -0.39 is 5.97 Å². The number of thiophene rings is 1. The van der Waals surface area contributed by atoms with Gasteiger partial charge in [-0.3, -0.25) is 4.79 Å². The van der Waals surface area contributed by atoms with E-state index in [4.69, 9.17) is 28.6 Å². The summed E-state index contributed by atoms with van der Waals surface area (Å²) in [6.07, 6.45) is 0. The molecule has 2 rings (SSSR count). The van der Waals surface area contributed by atoms with Gasteiger partial charge in [0.15, 0.2) is 5.11 Å². The lowest BCUT2D eigenvalue weighted by Crippen LogP contribution is -2.21. The largest absolute Gasteiger partial charge is 0.465 e. The third-order valence-corrected chi connectivity index (χ3v) is 5.75. The quantitative estimate of drug-likeness (QED) is 0.475. The molecule has 0 unspecified atom stereocenters. The summed E-state index contributed by atoms with van der Waals surface area (Å²) in [5.41, 5.74) is 1.42. The number of nitrogens with one attached hydrogen (secondary N) is 2. The van der Waals surface area contributed by atoms with Crippen molar-refractivity contribution in [1.82, 2.24) is 4.90 Å². The number of rotatable bonds is 4. The Morgan fingerprint density at radius 3 is 2.52 bits per heavy atom. The fourth-order valence-electron chi connectivity index (χ4n) is 2.20. The highest BCUT2D eigenvalue weighted by Gasteiger charge is 2.26. The van der Waals surface area contributed by atoms with Crippen LogP contribution in [0.4, 0.5) is 10.7 Å². The molecule has 10 heteroatoms. The Kier molecular flexibility index (Phi) is 7.21. The molecule has 1 heterocycles. The highest BCUT2D eigenvalue weighted by Crippen LogP contribution is 2.34. The van der Waals surface area contributed by atoms with Gasteiger partial charge in [0.1, 0.15) is 5.00 Å². The first-order chi connectivity index (χ1) is 12.6. The minimum Gasteiger partial charge on any atom is -0.465 e. The number of nitrogens with zero attached hydrogens (tertiary/aromatic N) is 1. The number of thiocarbonyl (C=S) groups is 1. The molecule has 0 saturated heterocycles. The van der Waals surface area contributed by atoms with Gasteiger partial charge in [-0.2, -0.15) is 0 Å². The monoisotopic (exact) mass is 489 g/mol. The van der Waals surface area contributed by atoms with Crippen molar-refractivity contribution < 1.29 is 14.3 Å². The zero-order valence-corrected chi connectivity index (χ0v) is 19.0. The third-order valence-electron chi connectivity index (χ3n) is 3.54. The molecule has 2 N–H and O–H groups in total. The van der Waals surface area contributed by atoms with Crippen molar-refractivity contribution in [3.63, 3.8) is 0 Å². The Balaban J connectivity index is 2.33. The maximum atomic E-state index is 12.4. The van der Waals surface area contributed by atoms with Crippen molar-refractivity contribution in [2.45, 2.75) is 6.92 Å². The van der Waals surface area contributed by atoms with Crippen LogP contribution < -0.4 is 10.6 Å². The molecular weight excluding hydrogens is 474 g/mol. The number of hydrogen-bond acceptors (Lipinski definition) is 5. The molecule has 0 aliphatic rings. The number of methoxy groups -OCH3 is 1.